The maximum absolute atomic E-state index is 12.2. The Morgan fingerprint density at radius 3 is 1.16 bits per heavy atom. The summed E-state index contributed by atoms with van der Waals surface area (Å²) in [6.45, 7) is 6.32. The lowest BCUT2D eigenvalue weighted by molar-refractivity contribution is -0.167. The minimum atomic E-state index is -4.67. The lowest BCUT2D eigenvalue weighted by atomic mass is 10.1. The number of carbonyl (C=O) groups excluding carboxylic acids is 3. The van der Waals surface area contributed by atoms with E-state index in [9.17, 15) is 14.4 Å². The van der Waals surface area contributed by atoms with Crippen LogP contribution in [0, 0.1) is 0 Å². The first kappa shape index (κ1) is 38.4. The van der Waals surface area contributed by atoms with Crippen LogP contribution < -0.4 is 0 Å². The van der Waals surface area contributed by atoms with E-state index in [2.05, 4.69) is 20.8 Å². The molecule has 0 atom stereocenters. The van der Waals surface area contributed by atoms with E-state index in [1.807, 2.05) is 0 Å². The van der Waals surface area contributed by atoms with Crippen molar-refractivity contribution in [2.45, 2.75) is 142 Å². The highest BCUT2D eigenvalue weighted by molar-refractivity contribution is 7.79. The summed E-state index contributed by atoms with van der Waals surface area (Å²) in [7, 11) is -4.67. The second-order valence-corrected chi connectivity index (χ2v) is 10.3. The van der Waals surface area contributed by atoms with Gasteiger partial charge in [-0.25, -0.2) is 0 Å². The number of hydrogen-bond acceptors (Lipinski definition) is 8. The van der Waals surface area contributed by atoms with E-state index >= 15 is 0 Å². The van der Waals surface area contributed by atoms with Crippen molar-refractivity contribution in [2.75, 3.05) is 13.2 Å². The summed E-state index contributed by atoms with van der Waals surface area (Å²) in [6, 6.07) is 0. The zero-order chi connectivity index (χ0) is 29.1. The standard InChI is InChI=1S/C27H50O6.H2O4S/c1-4-7-10-13-16-19-25(28)31-22-24(33-27(30)21-18-15-12-9-6-3)23-32-26(29)20-17-14-11-8-5-2;1-5(2,3)4/h24H,4-23H2,1-3H3;(H2,1,2,3,4). The molecule has 0 amide bonds. The quantitative estimate of drug-likeness (QED) is 0.0611. The average Bonchev–Trinajstić information content (AvgIpc) is 2.84. The first-order valence-electron chi connectivity index (χ1n) is 14.2. The smallest absolute Gasteiger partial charge is 0.394 e. The van der Waals surface area contributed by atoms with E-state index in [4.69, 9.17) is 31.7 Å². The Morgan fingerprint density at radius 1 is 0.553 bits per heavy atom. The lowest BCUT2D eigenvalue weighted by Crippen LogP contribution is -2.30. The fraction of sp³-hybridized carbons (Fsp3) is 0.889. The molecular weight excluding hydrogens is 516 g/mol. The summed E-state index contributed by atoms with van der Waals surface area (Å²) in [4.78, 5) is 36.3. The average molecular weight is 569 g/mol. The van der Waals surface area contributed by atoms with Crippen molar-refractivity contribution in [1.29, 1.82) is 0 Å². The minimum Gasteiger partial charge on any atom is -0.462 e. The van der Waals surface area contributed by atoms with E-state index < -0.39 is 16.5 Å². The van der Waals surface area contributed by atoms with Gasteiger partial charge in [0.1, 0.15) is 13.2 Å². The number of ether oxygens (including phenoxy) is 3. The van der Waals surface area contributed by atoms with Crippen LogP contribution >= 0.6 is 0 Å². The molecular formula is C27H52O10S. The Hall–Kier alpha value is -1.72. The molecule has 0 radical (unpaired) electrons. The molecule has 0 saturated heterocycles. The van der Waals surface area contributed by atoms with Crippen LogP contribution in [0.25, 0.3) is 0 Å². The molecule has 11 heteroatoms. The van der Waals surface area contributed by atoms with Crippen molar-refractivity contribution in [2.24, 2.45) is 0 Å². The fourth-order valence-corrected chi connectivity index (χ4v) is 3.50. The predicted octanol–water partition coefficient (Wildman–Crippen LogP) is 6.41. The maximum Gasteiger partial charge on any atom is 0.394 e. The summed E-state index contributed by atoms with van der Waals surface area (Å²) in [6.07, 6.45) is 16.0. The number of rotatable bonds is 23. The molecule has 0 unspecified atom stereocenters. The summed E-state index contributed by atoms with van der Waals surface area (Å²) in [5.74, 6) is -0.925. The zero-order valence-electron chi connectivity index (χ0n) is 23.8. The van der Waals surface area contributed by atoms with Gasteiger partial charge in [-0.15, -0.1) is 0 Å². The molecule has 10 nitrogen and oxygen atoms in total. The summed E-state index contributed by atoms with van der Waals surface area (Å²) < 4.78 is 47.7. The van der Waals surface area contributed by atoms with Gasteiger partial charge < -0.3 is 14.2 Å². The van der Waals surface area contributed by atoms with Gasteiger partial charge >= 0.3 is 28.3 Å². The van der Waals surface area contributed by atoms with Crippen molar-refractivity contribution < 1.29 is 46.1 Å². The highest BCUT2D eigenvalue weighted by Crippen LogP contribution is 2.10. The van der Waals surface area contributed by atoms with Gasteiger partial charge in [0.15, 0.2) is 6.10 Å². The molecule has 0 saturated carbocycles. The minimum absolute atomic E-state index is 0.0703. The molecule has 0 aromatic heterocycles. The molecule has 0 heterocycles. The van der Waals surface area contributed by atoms with Crippen LogP contribution in [0.3, 0.4) is 0 Å². The number of hydrogen-bond donors (Lipinski definition) is 2. The Balaban J connectivity index is 0. The van der Waals surface area contributed by atoms with E-state index in [-0.39, 0.29) is 31.1 Å². The van der Waals surface area contributed by atoms with E-state index in [0.717, 1.165) is 77.0 Å². The molecule has 0 spiro atoms. The monoisotopic (exact) mass is 568 g/mol. The Bertz CT molecular complexity index is 656. The maximum atomic E-state index is 12.2. The van der Waals surface area contributed by atoms with Crippen LogP contribution in [0.5, 0.6) is 0 Å². The van der Waals surface area contributed by atoms with Crippen LogP contribution in [-0.2, 0) is 39.0 Å². The van der Waals surface area contributed by atoms with E-state index in [1.165, 1.54) is 19.3 Å². The number of carbonyl (C=O) groups is 3. The van der Waals surface area contributed by atoms with E-state index in [1.54, 1.807) is 0 Å². The first-order valence-corrected chi connectivity index (χ1v) is 15.6. The molecule has 0 rings (SSSR count). The lowest BCUT2D eigenvalue weighted by Gasteiger charge is -2.18. The molecule has 0 fully saturated rings. The summed E-state index contributed by atoms with van der Waals surface area (Å²) in [5.41, 5.74) is 0. The molecule has 0 bridgehead atoms. The molecule has 0 aliphatic heterocycles. The third kappa shape index (κ3) is 34.3. The third-order valence-electron chi connectivity index (χ3n) is 5.61. The van der Waals surface area contributed by atoms with Crippen LogP contribution in [-0.4, -0.2) is 54.7 Å². The van der Waals surface area contributed by atoms with Crippen molar-refractivity contribution in [3.8, 4) is 0 Å². The van der Waals surface area contributed by atoms with Crippen LogP contribution in [0.2, 0.25) is 0 Å². The van der Waals surface area contributed by atoms with Crippen molar-refractivity contribution in [3.05, 3.63) is 0 Å². The molecule has 2 N–H and O–H groups in total. The van der Waals surface area contributed by atoms with Crippen LogP contribution in [0.1, 0.15) is 136 Å². The van der Waals surface area contributed by atoms with Gasteiger partial charge in [-0.2, -0.15) is 8.42 Å². The van der Waals surface area contributed by atoms with Gasteiger partial charge in [-0.3, -0.25) is 23.5 Å². The van der Waals surface area contributed by atoms with Crippen molar-refractivity contribution in [1.82, 2.24) is 0 Å². The predicted molar refractivity (Wildman–Crippen MR) is 146 cm³/mol. The summed E-state index contributed by atoms with van der Waals surface area (Å²) in [5, 5.41) is 0. The van der Waals surface area contributed by atoms with Gasteiger partial charge in [0.05, 0.1) is 0 Å². The fourth-order valence-electron chi connectivity index (χ4n) is 3.50. The molecule has 226 valence electrons. The topological polar surface area (TPSA) is 153 Å². The van der Waals surface area contributed by atoms with Gasteiger partial charge in [-0.1, -0.05) is 97.8 Å². The highest BCUT2D eigenvalue weighted by atomic mass is 32.3. The van der Waals surface area contributed by atoms with Crippen molar-refractivity contribution >= 4 is 28.3 Å². The third-order valence-corrected chi connectivity index (χ3v) is 5.61. The SMILES string of the molecule is CCCCCCCC(=O)OCC(COC(=O)CCCCCCC)OC(=O)CCCCCCC.O=S(=O)(O)O. The Morgan fingerprint density at radius 2 is 0.842 bits per heavy atom. The molecule has 0 aliphatic rings. The first-order chi connectivity index (χ1) is 18.0. The number of unbranched alkanes of at least 4 members (excludes halogenated alkanes) is 12. The molecule has 0 aromatic rings. The normalized spacial score (nSPS) is 11.0. The zero-order valence-corrected chi connectivity index (χ0v) is 24.6. The number of esters is 3. The Kier molecular flexibility index (Phi) is 27.2. The molecule has 0 aromatic carbocycles. The summed E-state index contributed by atoms with van der Waals surface area (Å²) >= 11 is 0. The van der Waals surface area contributed by atoms with Crippen LogP contribution in [0.15, 0.2) is 0 Å². The molecule has 38 heavy (non-hydrogen) atoms. The van der Waals surface area contributed by atoms with Gasteiger partial charge in [0.2, 0.25) is 0 Å². The van der Waals surface area contributed by atoms with Gasteiger partial charge in [0, 0.05) is 19.3 Å². The second-order valence-electron chi connectivity index (χ2n) is 9.42. The molecule has 0 aliphatic carbocycles. The van der Waals surface area contributed by atoms with Crippen LogP contribution in [0.4, 0.5) is 0 Å². The highest BCUT2D eigenvalue weighted by Gasteiger charge is 2.19. The second kappa shape index (κ2) is 26.9. The largest absolute Gasteiger partial charge is 0.462 e. The van der Waals surface area contributed by atoms with E-state index in [0.29, 0.717) is 19.3 Å². The van der Waals surface area contributed by atoms with Gasteiger partial charge in [-0.05, 0) is 19.3 Å². The van der Waals surface area contributed by atoms with Gasteiger partial charge in [0.25, 0.3) is 0 Å². The Labute approximate surface area is 230 Å². The van der Waals surface area contributed by atoms with Crippen molar-refractivity contribution in [3.63, 3.8) is 0 Å².